The fourth-order valence-corrected chi connectivity index (χ4v) is 5.27. The second-order valence-corrected chi connectivity index (χ2v) is 7.78. The maximum atomic E-state index is 12.6. The number of hydrogen-bond acceptors (Lipinski definition) is 4. The molecule has 0 aliphatic rings. The average molecular weight is 345 g/mol. The summed E-state index contributed by atoms with van der Waals surface area (Å²) in [6, 6.07) is 5.22. The highest BCUT2D eigenvalue weighted by Crippen LogP contribution is 2.31. The lowest BCUT2D eigenvalue weighted by molar-refractivity contribution is 0.599. The standard InChI is InChI=1S/C14H17ClN2O2S2/c1-9-4-5-12(11(15)6-9)17-21(18,19)14-10(2)8-20-13(14)7-16-3/h4-6,8,16-17H,7H2,1-3H3. The molecule has 0 bridgehead atoms. The first-order valence-corrected chi connectivity index (χ1v) is 9.09. The number of aryl methyl sites for hydroxylation is 2. The Bertz CT molecular complexity index is 754. The van der Waals surface area contributed by atoms with E-state index in [1.54, 1.807) is 26.1 Å². The molecule has 21 heavy (non-hydrogen) atoms. The summed E-state index contributed by atoms with van der Waals surface area (Å²) in [6.07, 6.45) is 0. The van der Waals surface area contributed by atoms with Crippen LogP contribution in [0.5, 0.6) is 0 Å². The summed E-state index contributed by atoms with van der Waals surface area (Å²) >= 11 is 7.53. The number of halogens is 1. The van der Waals surface area contributed by atoms with Gasteiger partial charge in [-0.1, -0.05) is 17.7 Å². The molecule has 2 aromatic rings. The second kappa shape index (κ2) is 6.36. The molecule has 7 heteroatoms. The maximum absolute atomic E-state index is 12.6. The predicted molar refractivity (Wildman–Crippen MR) is 88.8 cm³/mol. The van der Waals surface area contributed by atoms with Crippen LogP contribution in [0.1, 0.15) is 16.0 Å². The second-order valence-electron chi connectivity index (χ2n) is 4.79. The quantitative estimate of drug-likeness (QED) is 0.872. The number of rotatable bonds is 5. The van der Waals surface area contributed by atoms with Crippen LogP contribution in [0.3, 0.4) is 0 Å². The molecule has 1 aromatic heterocycles. The third-order valence-corrected chi connectivity index (χ3v) is 6.11. The Hall–Kier alpha value is -1.08. The molecule has 0 fully saturated rings. The van der Waals surface area contributed by atoms with Crippen molar-refractivity contribution in [2.24, 2.45) is 0 Å². The molecule has 0 radical (unpaired) electrons. The zero-order valence-electron chi connectivity index (χ0n) is 12.0. The summed E-state index contributed by atoms with van der Waals surface area (Å²) in [6.45, 7) is 4.20. The summed E-state index contributed by atoms with van der Waals surface area (Å²) in [5.41, 5.74) is 2.11. The fourth-order valence-electron chi connectivity index (χ4n) is 2.03. The molecule has 1 aromatic carbocycles. The van der Waals surface area contributed by atoms with Gasteiger partial charge in [-0.2, -0.15) is 0 Å². The molecule has 0 saturated carbocycles. The van der Waals surface area contributed by atoms with Gasteiger partial charge in [-0.05, 0) is 49.5 Å². The van der Waals surface area contributed by atoms with Crippen molar-refractivity contribution in [3.05, 3.63) is 44.6 Å². The topological polar surface area (TPSA) is 58.2 Å². The normalized spacial score (nSPS) is 11.6. The number of sulfonamides is 1. The lowest BCUT2D eigenvalue weighted by atomic mass is 10.2. The van der Waals surface area contributed by atoms with Crippen LogP contribution in [0.4, 0.5) is 5.69 Å². The average Bonchev–Trinajstić information content (AvgIpc) is 2.75. The third-order valence-electron chi connectivity index (χ3n) is 2.96. The van der Waals surface area contributed by atoms with E-state index in [-0.39, 0.29) is 0 Å². The Morgan fingerprint density at radius 2 is 2.00 bits per heavy atom. The highest BCUT2D eigenvalue weighted by molar-refractivity contribution is 7.93. The van der Waals surface area contributed by atoms with Crippen molar-refractivity contribution < 1.29 is 8.42 Å². The monoisotopic (exact) mass is 344 g/mol. The highest BCUT2D eigenvalue weighted by Gasteiger charge is 2.23. The van der Waals surface area contributed by atoms with Gasteiger partial charge in [-0.25, -0.2) is 8.42 Å². The van der Waals surface area contributed by atoms with Crippen molar-refractivity contribution in [1.29, 1.82) is 0 Å². The molecule has 0 atom stereocenters. The van der Waals surface area contributed by atoms with Gasteiger partial charge in [0.25, 0.3) is 10.0 Å². The molecule has 0 spiro atoms. The van der Waals surface area contributed by atoms with Gasteiger partial charge < -0.3 is 5.32 Å². The van der Waals surface area contributed by atoms with Crippen molar-refractivity contribution >= 4 is 38.6 Å². The van der Waals surface area contributed by atoms with Crippen molar-refractivity contribution in [1.82, 2.24) is 5.32 Å². The molecule has 2 N–H and O–H groups in total. The van der Waals surface area contributed by atoms with Gasteiger partial charge >= 0.3 is 0 Å². The zero-order valence-corrected chi connectivity index (χ0v) is 14.4. The maximum Gasteiger partial charge on any atom is 0.263 e. The van der Waals surface area contributed by atoms with Gasteiger partial charge in [0.05, 0.1) is 10.7 Å². The van der Waals surface area contributed by atoms with Gasteiger partial charge in [0.2, 0.25) is 0 Å². The van der Waals surface area contributed by atoms with Gasteiger partial charge in [0.1, 0.15) is 4.90 Å². The van der Waals surface area contributed by atoms with Gasteiger partial charge in [-0.15, -0.1) is 11.3 Å². The molecule has 0 unspecified atom stereocenters. The van der Waals surface area contributed by atoms with Crippen LogP contribution < -0.4 is 10.0 Å². The summed E-state index contributed by atoms with van der Waals surface area (Å²) in [5, 5.41) is 5.22. The molecule has 0 amide bonds. The molecule has 0 aliphatic carbocycles. The number of benzene rings is 1. The molecule has 0 aliphatic heterocycles. The van der Waals surface area contributed by atoms with E-state index >= 15 is 0 Å². The summed E-state index contributed by atoms with van der Waals surface area (Å²) in [5.74, 6) is 0. The van der Waals surface area contributed by atoms with Crippen molar-refractivity contribution in [2.45, 2.75) is 25.3 Å². The van der Waals surface area contributed by atoms with E-state index in [9.17, 15) is 8.42 Å². The summed E-state index contributed by atoms with van der Waals surface area (Å²) < 4.78 is 27.8. The number of thiophene rings is 1. The van der Waals surface area contributed by atoms with Crippen LogP contribution in [-0.2, 0) is 16.6 Å². The van der Waals surface area contributed by atoms with E-state index in [2.05, 4.69) is 10.0 Å². The summed E-state index contributed by atoms with van der Waals surface area (Å²) in [7, 11) is -1.87. The minimum Gasteiger partial charge on any atom is -0.315 e. The van der Waals surface area contributed by atoms with E-state index in [1.165, 1.54) is 11.3 Å². The first-order chi connectivity index (χ1) is 9.85. The Morgan fingerprint density at radius 1 is 1.29 bits per heavy atom. The molecule has 114 valence electrons. The molecular formula is C14H17ClN2O2S2. The Morgan fingerprint density at radius 3 is 2.62 bits per heavy atom. The predicted octanol–water partition coefficient (Wildman–Crippen LogP) is 3.54. The number of nitrogens with one attached hydrogen (secondary N) is 2. The van der Waals surface area contributed by atoms with E-state index in [0.717, 1.165) is 16.0 Å². The van der Waals surface area contributed by atoms with E-state index in [4.69, 9.17) is 11.6 Å². The Labute approximate surface area is 134 Å². The molecule has 4 nitrogen and oxygen atoms in total. The fraction of sp³-hybridized carbons (Fsp3) is 0.286. The van der Waals surface area contributed by atoms with Crippen LogP contribution in [0, 0.1) is 13.8 Å². The number of hydrogen-bond donors (Lipinski definition) is 2. The largest absolute Gasteiger partial charge is 0.315 e. The van der Waals surface area contributed by atoms with Crippen molar-refractivity contribution in [2.75, 3.05) is 11.8 Å². The Kier molecular flexibility index (Phi) is 4.93. The highest BCUT2D eigenvalue weighted by atomic mass is 35.5. The first kappa shape index (κ1) is 16.3. The van der Waals surface area contributed by atoms with E-state index < -0.39 is 10.0 Å². The van der Waals surface area contributed by atoms with Gasteiger partial charge in [0.15, 0.2) is 0 Å². The van der Waals surface area contributed by atoms with E-state index in [1.807, 2.05) is 18.4 Å². The number of anilines is 1. The van der Waals surface area contributed by atoms with Crippen LogP contribution in [-0.4, -0.2) is 15.5 Å². The lowest BCUT2D eigenvalue weighted by Crippen LogP contribution is -2.17. The van der Waals surface area contributed by atoms with E-state index in [0.29, 0.717) is 22.2 Å². The minimum atomic E-state index is -3.65. The zero-order chi connectivity index (χ0) is 15.6. The Balaban J connectivity index is 2.41. The summed E-state index contributed by atoms with van der Waals surface area (Å²) in [4.78, 5) is 1.12. The molecular weight excluding hydrogens is 328 g/mol. The third kappa shape index (κ3) is 3.58. The van der Waals surface area contributed by atoms with Crippen LogP contribution in [0.15, 0.2) is 28.5 Å². The van der Waals surface area contributed by atoms with Crippen LogP contribution >= 0.6 is 22.9 Å². The van der Waals surface area contributed by atoms with Crippen LogP contribution in [0.2, 0.25) is 5.02 Å². The van der Waals surface area contributed by atoms with Crippen molar-refractivity contribution in [3.63, 3.8) is 0 Å². The molecule has 2 rings (SSSR count). The minimum absolute atomic E-state index is 0.332. The first-order valence-electron chi connectivity index (χ1n) is 6.35. The van der Waals surface area contributed by atoms with Crippen LogP contribution in [0.25, 0.3) is 0 Å². The van der Waals surface area contributed by atoms with Gasteiger partial charge in [0, 0.05) is 11.4 Å². The smallest absolute Gasteiger partial charge is 0.263 e. The molecule has 0 saturated heterocycles. The van der Waals surface area contributed by atoms with Gasteiger partial charge in [-0.3, -0.25) is 4.72 Å². The molecule has 1 heterocycles. The van der Waals surface area contributed by atoms with Crippen molar-refractivity contribution in [3.8, 4) is 0 Å². The lowest BCUT2D eigenvalue weighted by Gasteiger charge is -2.12. The SMILES string of the molecule is CNCc1scc(C)c1S(=O)(=O)Nc1ccc(C)cc1Cl.